The van der Waals surface area contributed by atoms with Gasteiger partial charge in [-0.3, -0.25) is 19.3 Å². The third-order valence-electron chi connectivity index (χ3n) is 2.82. The number of hydrogen-bond acceptors (Lipinski definition) is 4. The van der Waals surface area contributed by atoms with Crippen molar-refractivity contribution in [1.29, 1.82) is 0 Å². The number of carboxylic acid groups (broad SMARTS) is 1. The zero-order valence-electron chi connectivity index (χ0n) is 8.06. The Hall–Kier alpha value is -1.04. The Balaban J connectivity index is 2.07. The molecular weight excluding hydrogens is 218 g/mol. The van der Waals surface area contributed by atoms with Gasteiger partial charge in [-0.2, -0.15) is 0 Å². The lowest BCUT2D eigenvalue weighted by atomic mass is 10.1. The van der Waals surface area contributed by atoms with Crippen molar-refractivity contribution in [2.24, 2.45) is 5.41 Å². The summed E-state index contributed by atoms with van der Waals surface area (Å²) in [5.41, 5.74) is -0.840. The van der Waals surface area contributed by atoms with E-state index in [-0.39, 0.29) is 29.9 Å². The van der Waals surface area contributed by atoms with Gasteiger partial charge >= 0.3 is 5.97 Å². The molecule has 5 nitrogen and oxygen atoms in total. The molecule has 1 saturated carbocycles. The van der Waals surface area contributed by atoms with Gasteiger partial charge in [0.1, 0.15) is 0 Å². The van der Waals surface area contributed by atoms with Crippen LogP contribution in [0.4, 0.5) is 0 Å². The number of carbonyl (C=O) groups is 3. The summed E-state index contributed by atoms with van der Waals surface area (Å²) >= 11 is 1.28. The Morgan fingerprint density at radius 2 is 1.87 bits per heavy atom. The van der Waals surface area contributed by atoms with Crippen molar-refractivity contribution >= 4 is 29.5 Å². The zero-order chi connectivity index (χ0) is 11.1. The third-order valence-corrected chi connectivity index (χ3v) is 3.72. The Labute approximate surface area is 90.8 Å². The number of thioether (sulfide) groups is 1. The van der Waals surface area contributed by atoms with Gasteiger partial charge in [-0.05, 0) is 12.8 Å². The normalized spacial score (nSPS) is 24.1. The minimum Gasteiger partial charge on any atom is -0.481 e. The van der Waals surface area contributed by atoms with Gasteiger partial charge in [0.25, 0.3) is 0 Å². The fraction of sp³-hybridized carbons (Fsp3) is 0.667. The summed E-state index contributed by atoms with van der Waals surface area (Å²) in [5, 5.41) is 8.95. The fourth-order valence-electron chi connectivity index (χ4n) is 1.59. The van der Waals surface area contributed by atoms with Gasteiger partial charge in [-0.15, -0.1) is 11.8 Å². The van der Waals surface area contributed by atoms with E-state index in [1.807, 2.05) is 0 Å². The number of rotatable bonds is 3. The van der Waals surface area contributed by atoms with Crippen LogP contribution < -0.4 is 0 Å². The lowest BCUT2D eigenvalue weighted by Gasteiger charge is -2.27. The van der Waals surface area contributed by atoms with Gasteiger partial charge in [-0.25, -0.2) is 0 Å². The molecule has 0 aromatic rings. The van der Waals surface area contributed by atoms with Gasteiger partial charge in [0.2, 0.25) is 11.8 Å². The Bertz CT molecular complexity index is 321. The number of hydrogen-bond donors (Lipinski definition) is 1. The molecule has 2 aliphatic rings. The molecule has 1 heterocycles. The molecule has 2 amide bonds. The molecule has 0 atom stereocenters. The molecule has 0 unspecified atom stereocenters. The van der Waals surface area contributed by atoms with Crippen molar-refractivity contribution in [3.63, 3.8) is 0 Å². The average molecular weight is 229 g/mol. The predicted molar refractivity (Wildman–Crippen MR) is 53.3 cm³/mol. The number of amides is 2. The van der Waals surface area contributed by atoms with Crippen LogP contribution in [0, 0.1) is 5.41 Å². The lowest BCUT2D eigenvalue weighted by molar-refractivity contribution is -0.148. The molecule has 82 valence electrons. The molecule has 0 spiro atoms. The molecule has 0 radical (unpaired) electrons. The predicted octanol–water partition coefficient (Wildman–Crippen LogP) is -0.0468. The maximum atomic E-state index is 11.4. The molecule has 0 bridgehead atoms. The number of imide groups is 1. The van der Waals surface area contributed by atoms with E-state index in [2.05, 4.69) is 0 Å². The quantitative estimate of drug-likeness (QED) is 0.687. The van der Waals surface area contributed by atoms with Crippen LogP contribution in [-0.4, -0.2) is 45.8 Å². The van der Waals surface area contributed by atoms with Gasteiger partial charge < -0.3 is 5.11 Å². The van der Waals surface area contributed by atoms with Crippen LogP contribution in [0.25, 0.3) is 0 Å². The van der Waals surface area contributed by atoms with Crippen molar-refractivity contribution in [3.05, 3.63) is 0 Å². The highest BCUT2D eigenvalue weighted by Gasteiger charge is 2.53. The van der Waals surface area contributed by atoms with Gasteiger partial charge in [0, 0.05) is 6.54 Å². The maximum absolute atomic E-state index is 11.4. The Morgan fingerprint density at radius 1 is 1.33 bits per heavy atom. The third kappa shape index (κ3) is 1.86. The SMILES string of the molecule is O=C1CSCC(=O)N1CC1(C(=O)O)CC1. The molecule has 1 aliphatic carbocycles. The first-order valence-electron chi connectivity index (χ1n) is 4.69. The van der Waals surface area contributed by atoms with Crippen molar-refractivity contribution in [3.8, 4) is 0 Å². The topological polar surface area (TPSA) is 74.7 Å². The van der Waals surface area contributed by atoms with Crippen molar-refractivity contribution in [2.75, 3.05) is 18.1 Å². The summed E-state index contributed by atoms with van der Waals surface area (Å²) in [7, 11) is 0. The van der Waals surface area contributed by atoms with Crippen molar-refractivity contribution in [1.82, 2.24) is 4.90 Å². The first kappa shape index (κ1) is 10.5. The molecule has 15 heavy (non-hydrogen) atoms. The van der Waals surface area contributed by atoms with Crippen molar-refractivity contribution in [2.45, 2.75) is 12.8 Å². The summed E-state index contributed by atoms with van der Waals surface area (Å²) in [5.74, 6) is -0.864. The van der Waals surface area contributed by atoms with E-state index in [9.17, 15) is 14.4 Å². The number of aliphatic carboxylic acids is 1. The average Bonchev–Trinajstić information content (AvgIpc) is 2.93. The second kappa shape index (κ2) is 3.52. The summed E-state index contributed by atoms with van der Waals surface area (Å²) < 4.78 is 0. The van der Waals surface area contributed by atoms with Gasteiger partial charge in [0.15, 0.2) is 0 Å². The van der Waals surface area contributed by atoms with Crippen molar-refractivity contribution < 1.29 is 19.5 Å². The van der Waals surface area contributed by atoms with E-state index in [0.717, 1.165) is 4.90 Å². The minimum absolute atomic E-state index is 0.0561. The summed E-state index contributed by atoms with van der Waals surface area (Å²) in [6.45, 7) is 0.0561. The van der Waals surface area contributed by atoms with E-state index in [0.29, 0.717) is 12.8 Å². The van der Waals surface area contributed by atoms with Crippen LogP contribution in [0.3, 0.4) is 0 Å². The Kier molecular flexibility index (Phi) is 2.46. The molecule has 1 saturated heterocycles. The van der Waals surface area contributed by atoms with Crippen LogP contribution in [0.5, 0.6) is 0 Å². The highest BCUT2D eigenvalue weighted by molar-refractivity contribution is 8.00. The molecule has 2 fully saturated rings. The van der Waals surface area contributed by atoms with E-state index >= 15 is 0 Å². The highest BCUT2D eigenvalue weighted by atomic mass is 32.2. The number of carbonyl (C=O) groups excluding carboxylic acids is 2. The van der Waals surface area contributed by atoms with Crippen LogP contribution in [0.1, 0.15) is 12.8 Å². The maximum Gasteiger partial charge on any atom is 0.311 e. The second-order valence-corrected chi connectivity index (χ2v) is 4.94. The second-order valence-electron chi connectivity index (χ2n) is 3.95. The van der Waals surface area contributed by atoms with Crippen LogP contribution in [-0.2, 0) is 14.4 Å². The fourth-order valence-corrected chi connectivity index (χ4v) is 2.35. The van der Waals surface area contributed by atoms with Gasteiger partial charge in [0.05, 0.1) is 16.9 Å². The first-order valence-corrected chi connectivity index (χ1v) is 5.85. The number of carboxylic acids is 1. The van der Waals surface area contributed by atoms with Gasteiger partial charge in [-0.1, -0.05) is 0 Å². The lowest BCUT2D eigenvalue weighted by Crippen LogP contribution is -2.47. The minimum atomic E-state index is -0.902. The Morgan fingerprint density at radius 3 is 2.27 bits per heavy atom. The van der Waals surface area contributed by atoms with E-state index in [4.69, 9.17) is 5.11 Å². The molecule has 2 rings (SSSR count). The van der Waals surface area contributed by atoms with Crippen LogP contribution >= 0.6 is 11.8 Å². The summed E-state index contributed by atoms with van der Waals surface area (Å²) in [6.07, 6.45) is 1.12. The largest absolute Gasteiger partial charge is 0.481 e. The molecule has 6 heteroatoms. The van der Waals surface area contributed by atoms with E-state index in [1.54, 1.807) is 0 Å². The molecule has 0 aromatic carbocycles. The summed E-state index contributed by atoms with van der Waals surface area (Å²) in [6, 6.07) is 0. The number of nitrogens with zero attached hydrogens (tertiary/aromatic N) is 1. The smallest absolute Gasteiger partial charge is 0.311 e. The molecule has 0 aromatic heterocycles. The first-order chi connectivity index (χ1) is 7.05. The monoisotopic (exact) mass is 229 g/mol. The molecule has 1 aliphatic heterocycles. The van der Waals surface area contributed by atoms with E-state index in [1.165, 1.54) is 11.8 Å². The van der Waals surface area contributed by atoms with Crippen LogP contribution in [0.15, 0.2) is 0 Å². The van der Waals surface area contributed by atoms with E-state index < -0.39 is 11.4 Å². The standard InChI is InChI=1S/C9H11NO4S/c11-6-3-15-4-7(12)10(6)5-9(1-2-9)8(13)14/h1-5H2,(H,13,14). The zero-order valence-corrected chi connectivity index (χ0v) is 8.88. The molecule has 1 N–H and O–H groups in total. The highest BCUT2D eigenvalue weighted by Crippen LogP contribution is 2.46. The molecular formula is C9H11NO4S. The van der Waals surface area contributed by atoms with Crippen LogP contribution in [0.2, 0.25) is 0 Å². The summed E-state index contributed by atoms with van der Waals surface area (Å²) in [4.78, 5) is 34.9.